The lowest BCUT2D eigenvalue weighted by Crippen LogP contribution is -2.42. The van der Waals surface area contributed by atoms with Gasteiger partial charge in [0.1, 0.15) is 11.4 Å². The number of aryl methyl sites for hydroxylation is 1. The third kappa shape index (κ3) is 3.47. The predicted molar refractivity (Wildman–Crippen MR) is 87.6 cm³/mol. The number of carbonyl (C=O) groups excluding carboxylic acids is 2. The summed E-state index contributed by atoms with van der Waals surface area (Å²) in [5, 5.41) is 2.96. The lowest BCUT2D eigenvalue weighted by atomic mass is 9.95. The zero-order valence-corrected chi connectivity index (χ0v) is 14.3. The first-order chi connectivity index (χ1) is 11.5. The number of hydrogen-bond donors (Lipinski definition) is 1. The Morgan fingerprint density at radius 2 is 2.25 bits per heavy atom. The standard InChI is InChI=1S/C16H25N5O3/c1-13-17-6-10-20(13)11-7-18-14(22)21-8-3-4-16(5-9-21)12-19(2)15(23)24-16/h6,10H,3-5,7-9,11-12H2,1-2H3,(H,18,22)/t16-/m0/s1. The normalized spacial score (nSPS) is 24.2. The van der Waals surface area contributed by atoms with E-state index >= 15 is 0 Å². The van der Waals surface area contributed by atoms with Crippen LogP contribution in [-0.4, -0.2) is 70.3 Å². The Kier molecular flexibility index (Phi) is 4.64. The Hall–Kier alpha value is -2.25. The van der Waals surface area contributed by atoms with E-state index in [0.29, 0.717) is 39.1 Å². The molecule has 0 aromatic carbocycles. The molecule has 24 heavy (non-hydrogen) atoms. The van der Waals surface area contributed by atoms with Crippen LogP contribution in [0, 0.1) is 6.92 Å². The molecule has 1 atom stereocenters. The van der Waals surface area contributed by atoms with Crippen molar-refractivity contribution >= 4 is 12.1 Å². The molecule has 8 heteroatoms. The van der Waals surface area contributed by atoms with E-state index in [2.05, 4.69) is 10.3 Å². The fourth-order valence-corrected chi connectivity index (χ4v) is 3.46. The van der Waals surface area contributed by atoms with Gasteiger partial charge in [-0.05, 0) is 19.8 Å². The number of likely N-dealkylation sites (tertiary alicyclic amines) is 1. The summed E-state index contributed by atoms with van der Waals surface area (Å²) in [5.74, 6) is 0.938. The summed E-state index contributed by atoms with van der Waals surface area (Å²) in [7, 11) is 1.75. The third-order valence-electron chi connectivity index (χ3n) is 4.88. The highest BCUT2D eigenvalue weighted by Crippen LogP contribution is 2.32. The topological polar surface area (TPSA) is 79.7 Å². The van der Waals surface area contributed by atoms with Crippen LogP contribution in [0.2, 0.25) is 0 Å². The number of nitrogens with zero attached hydrogens (tertiary/aromatic N) is 4. The molecule has 3 amide bonds. The van der Waals surface area contributed by atoms with Crippen LogP contribution < -0.4 is 5.32 Å². The highest BCUT2D eigenvalue weighted by Gasteiger charge is 2.44. The molecule has 0 radical (unpaired) electrons. The van der Waals surface area contributed by atoms with Crippen molar-refractivity contribution in [1.29, 1.82) is 0 Å². The first-order valence-electron chi connectivity index (χ1n) is 8.44. The van der Waals surface area contributed by atoms with Gasteiger partial charge in [-0.25, -0.2) is 14.6 Å². The van der Waals surface area contributed by atoms with E-state index in [0.717, 1.165) is 18.7 Å². The van der Waals surface area contributed by atoms with Crippen molar-refractivity contribution in [3.05, 3.63) is 18.2 Å². The molecule has 0 aliphatic carbocycles. The number of urea groups is 1. The van der Waals surface area contributed by atoms with Gasteiger partial charge in [-0.2, -0.15) is 0 Å². The summed E-state index contributed by atoms with van der Waals surface area (Å²) in [5.41, 5.74) is -0.422. The molecule has 3 heterocycles. The van der Waals surface area contributed by atoms with Crippen LogP contribution in [0.4, 0.5) is 9.59 Å². The third-order valence-corrected chi connectivity index (χ3v) is 4.88. The van der Waals surface area contributed by atoms with Crippen molar-refractivity contribution in [3.8, 4) is 0 Å². The second-order valence-electron chi connectivity index (χ2n) is 6.65. The SMILES string of the molecule is Cc1nccn1CCNC(=O)N1CCC[C@]2(CC1)CN(C)C(=O)O2. The molecule has 3 rings (SSSR count). The molecule has 2 aliphatic heterocycles. The monoisotopic (exact) mass is 335 g/mol. The number of ether oxygens (including phenoxy) is 1. The van der Waals surface area contributed by atoms with Crippen LogP contribution in [0.3, 0.4) is 0 Å². The molecule has 0 bridgehead atoms. The van der Waals surface area contributed by atoms with E-state index in [-0.39, 0.29) is 12.1 Å². The summed E-state index contributed by atoms with van der Waals surface area (Å²) < 4.78 is 7.58. The minimum Gasteiger partial charge on any atom is -0.441 e. The molecular formula is C16H25N5O3. The molecule has 1 aromatic rings. The first-order valence-corrected chi connectivity index (χ1v) is 8.44. The minimum atomic E-state index is -0.422. The Bertz CT molecular complexity index is 617. The fourth-order valence-electron chi connectivity index (χ4n) is 3.46. The Balaban J connectivity index is 1.48. The molecule has 0 unspecified atom stereocenters. The van der Waals surface area contributed by atoms with E-state index in [1.807, 2.05) is 22.6 Å². The second kappa shape index (κ2) is 6.70. The first kappa shape index (κ1) is 16.6. The van der Waals surface area contributed by atoms with E-state index in [4.69, 9.17) is 4.74 Å². The lowest BCUT2D eigenvalue weighted by Gasteiger charge is -2.25. The number of carbonyl (C=O) groups is 2. The summed E-state index contributed by atoms with van der Waals surface area (Å²) in [6.07, 6.45) is 5.74. The number of amides is 3. The second-order valence-corrected chi connectivity index (χ2v) is 6.65. The molecule has 132 valence electrons. The summed E-state index contributed by atoms with van der Waals surface area (Å²) in [6.45, 7) is 5.13. The van der Waals surface area contributed by atoms with Crippen molar-refractivity contribution in [2.24, 2.45) is 0 Å². The maximum absolute atomic E-state index is 12.4. The van der Waals surface area contributed by atoms with Crippen molar-refractivity contribution in [3.63, 3.8) is 0 Å². The molecule has 1 spiro atoms. The van der Waals surface area contributed by atoms with Gasteiger partial charge >= 0.3 is 12.1 Å². The molecule has 2 fully saturated rings. The maximum atomic E-state index is 12.4. The number of imidazole rings is 1. The van der Waals surface area contributed by atoms with Crippen LogP contribution in [0.1, 0.15) is 25.1 Å². The molecule has 1 aromatic heterocycles. The molecule has 2 aliphatic rings. The number of rotatable bonds is 3. The van der Waals surface area contributed by atoms with Crippen LogP contribution in [0.15, 0.2) is 12.4 Å². The largest absolute Gasteiger partial charge is 0.441 e. The summed E-state index contributed by atoms with van der Waals surface area (Å²) in [4.78, 5) is 31.6. The van der Waals surface area contributed by atoms with Crippen molar-refractivity contribution < 1.29 is 14.3 Å². The van der Waals surface area contributed by atoms with Crippen molar-refractivity contribution in [2.45, 2.75) is 38.3 Å². The van der Waals surface area contributed by atoms with Gasteiger partial charge < -0.3 is 24.4 Å². The van der Waals surface area contributed by atoms with E-state index < -0.39 is 5.60 Å². The van der Waals surface area contributed by atoms with Crippen LogP contribution in [-0.2, 0) is 11.3 Å². The minimum absolute atomic E-state index is 0.0532. The lowest BCUT2D eigenvalue weighted by molar-refractivity contribution is 0.0453. The van der Waals surface area contributed by atoms with Gasteiger partial charge in [-0.1, -0.05) is 0 Å². The average Bonchev–Trinajstić information content (AvgIpc) is 2.98. The van der Waals surface area contributed by atoms with Gasteiger partial charge in [-0.3, -0.25) is 0 Å². The Labute approximate surface area is 141 Å². The Morgan fingerprint density at radius 1 is 1.42 bits per heavy atom. The van der Waals surface area contributed by atoms with Crippen LogP contribution in [0.25, 0.3) is 0 Å². The molecule has 2 saturated heterocycles. The van der Waals surface area contributed by atoms with Gasteiger partial charge in [0.25, 0.3) is 0 Å². The molecule has 1 N–H and O–H groups in total. The smallest absolute Gasteiger partial charge is 0.410 e. The molecule has 0 saturated carbocycles. The van der Waals surface area contributed by atoms with Gasteiger partial charge in [0.2, 0.25) is 0 Å². The van der Waals surface area contributed by atoms with Crippen LogP contribution in [0.5, 0.6) is 0 Å². The van der Waals surface area contributed by atoms with Gasteiger partial charge in [0, 0.05) is 52.0 Å². The summed E-state index contributed by atoms with van der Waals surface area (Å²) >= 11 is 0. The number of likely N-dealkylation sites (N-methyl/N-ethyl adjacent to an activating group) is 1. The number of aromatic nitrogens is 2. The maximum Gasteiger partial charge on any atom is 0.410 e. The molecule has 8 nitrogen and oxygen atoms in total. The highest BCUT2D eigenvalue weighted by atomic mass is 16.6. The van der Waals surface area contributed by atoms with E-state index in [1.54, 1.807) is 18.1 Å². The number of nitrogens with one attached hydrogen (secondary N) is 1. The van der Waals surface area contributed by atoms with E-state index in [9.17, 15) is 9.59 Å². The zero-order valence-electron chi connectivity index (χ0n) is 14.3. The van der Waals surface area contributed by atoms with Crippen molar-refractivity contribution in [2.75, 3.05) is 33.2 Å². The zero-order chi connectivity index (χ0) is 17.2. The predicted octanol–water partition coefficient (Wildman–Crippen LogP) is 1.21. The van der Waals surface area contributed by atoms with Gasteiger partial charge in [0.15, 0.2) is 0 Å². The average molecular weight is 335 g/mol. The fraction of sp³-hybridized carbons (Fsp3) is 0.688. The quantitative estimate of drug-likeness (QED) is 0.900. The van der Waals surface area contributed by atoms with E-state index in [1.165, 1.54) is 0 Å². The van der Waals surface area contributed by atoms with Crippen molar-refractivity contribution in [1.82, 2.24) is 24.7 Å². The number of hydrogen-bond acceptors (Lipinski definition) is 4. The van der Waals surface area contributed by atoms with Gasteiger partial charge in [0.05, 0.1) is 6.54 Å². The van der Waals surface area contributed by atoms with Crippen LogP contribution >= 0.6 is 0 Å². The summed E-state index contributed by atoms with van der Waals surface area (Å²) in [6, 6.07) is -0.0532. The highest BCUT2D eigenvalue weighted by molar-refractivity contribution is 5.74. The Morgan fingerprint density at radius 3 is 2.92 bits per heavy atom. The van der Waals surface area contributed by atoms with Gasteiger partial charge in [-0.15, -0.1) is 0 Å². The molecular weight excluding hydrogens is 310 g/mol.